The summed E-state index contributed by atoms with van der Waals surface area (Å²) in [5, 5.41) is 18.7. The topological polar surface area (TPSA) is 103 Å². The Kier molecular flexibility index (Phi) is 5.70. The summed E-state index contributed by atoms with van der Waals surface area (Å²) in [5.74, 6) is -0.174. The SMILES string of the molecule is Cc1cccc(-n2nc(C(=O)Nc3cccc([N+](=O)[O-])c3)nc2-c2ccc(Cl)cc2)c1C. The summed E-state index contributed by atoms with van der Waals surface area (Å²) >= 11 is 6.03. The molecule has 0 saturated heterocycles. The number of halogens is 1. The molecule has 160 valence electrons. The first-order valence-electron chi connectivity index (χ1n) is 9.69. The third-order valence-corrected chi connectivity index (χ3v) is 5.28. The minimum Gasteiger partial charge on any atom is -0.319 e. The van der Waals surface area contributed by atoms with E-state index >= 15 is 0 Å². The van der Waals surface area contributed by atoms with E-state index in [1.165, 1.54) is 18.2 Å². The molecule has 0 spiro atoms. The second-order valence-corrected chi connectivity index (χ2v) is 7.59. The molecule has 0 unspecified atom stereocenters. The number of nitro groups is 1. The van der Waals surface area contributed by atoms with Crippen molar-refractivity contribution in [3.63, 3.8) is 0 Å². The maximum absolute atomic E-state index is 12.9. The Morgan fingerprint density at radius 1 is 1.06 bits per heavy atom. The number of hydrogen-bond donors (Lipinski definition) is 1. The Morgan fingerprint density at radius 2 is 1.78 bits per heavy atom. The predicted molar refractivity (Wildman–Crippen MR) is 122 cm³/mol. The van der Waals surface area contributed by atoms with Gasteiger partial charge in [0.25, 0.3) is 11.6 Å². The van der Waals surface area contributed by atoms with E-state index in [0.29, 0.717) is 10.8 Å². The highest BCUT2D eigenvalue weighted by Gasteiger charge is 2.20. The molecule has 4 aromatic rings. The van der Waals surface area contributed by atoms with Crippen LogP contribution in [0.1, 0.15) is 21.7 Å². The number of benzene rings is 3. The minimum absolute atomic E-state index is 0.0673. The molecule has 0 bridgehead atoms. The van der Waals surface area contributed by atoms with Crippen LogP contribution in [0.3, 0.4) is 0 Å². The Morgan fingerprint density at radius 3 is 2.50 bits per heavy atom. The van der Waals surface area contributed by atoms with Gasteiger partial charge in [0, 0.05) is 28.4 Å². The normalized spacial score (nSPS) is 10.7. The summed E-state index contributed by atoms with van der Waals surface area (Å²) in [5.41, 5.74) is 3.74. The van der Waals surface area contributed by atoms with Crippen LogP contribution in [0.25, 0.3) is 17.1 Å². The Balaban J connectivity index is 1.77. The fourth-order valence-electron chi connectivity index (χ4n) is 3.21. The molecular weight excluding hydrogens is 430 g/mol. The largest absolute Gasteiger partial charge is 0.319 e. The van der Waals surface area contributed by atoms with Gasteiger partial charge in [-0.3, -0.25) is 14.9 Å². The third kappa shape index (κ3) is 4.21. The number of nitro benzene ring substituents is 1. The molecule has 9 heteroatoms. The van der Waals surface area contributed by atoms with E-state index < -0.39 is 10.8 Å². The van der Waals surface area contributed by atoms with Crippen LogP contribution in [-0.2, 0) is 0 Å². The molecule has 0 radical (unpaired) electrons. The van der Waals surface area contributed by atoms with Gasteiger partial charge in [0.1, 0.15) is 0 Å². The Hall–Kier alpha value is -4.04. The number of hydrogen-bond acceptors (Lipinski definition) is 5. The highest BCUT2D eigenvalue weighted by atomic mass is 35.5. The number of non-ortho nitro benzene ring substituents is 1. The van der Waals surface area contributed by atoms with Gasteiger partial charge in [0.05, 0.1) is 10.6 Å². The number of rotatable bonds is 5. The van der Waals surface area contributed by atoms with Gasteiger partial charge in [0.15, 0.2) is 5.82 Å². The van der Waals surface area contributed by atoms with Gasteiger partial charge < -0.3 is 5.32 Å². The lowest BCUT2D eigenvalue weighted by molar-refractivity contribution is -0.384. The van der Waals surface area contributed by atoms with Crippen LogP contribution in [0.4, 0.5) is 11.4 Å². The fourth-order valence-corrected chi connectivity index (χ4v) is 3.34. The number of anilines is 1. The lowest BCUT2D eigenvalue weighted by Crippen LogP contribution is -2.14. The van der Waals surface area contributed by atoms with Crippen molar-refractivity contribution < 1.29 is 9.72 Å². The molecule has 3 aromatic carbocycles. The number of carbonyl (C=O) groups is 1. The standard InChI is InChI=1S/C23H18ClN5O3/c1-14-5-3-8-20(15(14)2)28-22(16-9-11-17(24)12-10-16)26-21(27-28)23(30)25-18-6-4-7-19(13-18)29(31)32/h3-13H,1-2H3,(H,25,30). The zero-order chi connectivity index (χ0) is 22.8. The van der Waals surface area contributed by atoms with E-state index in [1.54, 1.807) is 35.0 Å². The van der Waals surface area contributed by atoms with Crippen molar-refractivity contribution in [2.24, 2.45) is 0 Å². The summed E-state index contributed by atoms with van der Waals surface area (Å²) in [6, 6.07) is 18.6. The number of nitrogens with zero attached hydrogens (tertiary/aromatic N) is 4. The first-order chi connectivity index (χ1) is 15.3. The Bertz CT molecular complexity index is 1330. The van der Waals surface area contributed by atoms with Crippen molar-refractivity contribution >= 4 is 28.9 Å². The van der Waals surface area contributed by atoms with Crippen molar-refractivity contribution in [2.75, 3.05) is 5.32 Å². The van der Waals surface area contributed by atoms with Crippen molar-refractivity contribution in [1.29, 1.82) is 0 Å². The van der Waals surface area contributed by atoms with Gasteiger partial charge in [-0.25, -0.2) is 9.67 Å². The van der Waals surface area contributed by atoms with Crippen LogP contribution >= 0.6 is 11.6 Å². The minimum atomic E-state index is -0.579. The maximum atomic E-state index is 12.9. The molecule has 0 saturated carbocycles. The van der Waals surface area contributed by atoms with E-state index in [1.807, 2.05) is 32.0 Å². The molecule has 1 amide bonds. The molecule has 4 rings (SSSR count). The average Bonchev–Trinajstić information content (AvgIpc) is 3.22. The smallest absolute Gasteiger partial charge is 0.295 e. The molecule has 0 aliphatic heterocycles. The number of aromatic nitrogens is 3. The molecule has 1 N–H and O–H groups in total. The molecule has 32 heavy (non-hydrogen) atoms. The van der Waals surface area contributed by atoms with E-state index in [4.69, 9.17) is 11.6 Å². The van der Waals surface area contributed by atoms with Crippen LogP contribution < -0.4 is 5.32 Å². The molecule has 1 aromatic heterocycles. The average molecular weight is 448 g/mol. The molecule has 1 heterocycles. The number of amides is 1. The zero-order valence-electron chi connectivity index (χ0n) is 17.2. The van der Waals surface area contributed by atoms with Crippen molar-refractivity contribution in [3.8, 4) is 17.1 Å². The lowest BCUT2D eigenvalue weighted by Gasteiger charge is -2.11. The van der Waals surface area contributed by atoms with Gasteiger partial charge >= 0.3 is 0 Å². The summed E-state index contributed by atoms with van der Waals surface area (Å²) in [6.07, 6.45) is 0. The van der Waals surface area contributed by atoms with Gasteiger partial charge in [-0.05, 0) is 61.4 Å². The lowest BCUT2D eigenvalue weighted by atomic mass is 10.1. The number of nitrogens with one attached hydrogen (secondary N) is 1. The highest BCUT2D eigenvalue weighted by Crippen LogP contribution is 2.26. The van der Waals surface area contributed by atoms with Gasteiger partial charge in [-0.2, -0.15) is 0 Å². The first-order valence-corrected chi connectivity index (χ1v) is 10.1. The van der Waals surface area contributed by atoms with Crippen LogP contribution in [0, 0.1) is 24.0 Å². The van der Waals surface area contributed by atoms with E-state index in [-0.39, 0.29) is 17.2 Å². The van der Waals surface area contributed by atoms with E-state index in [2.05, 4.69) is 15.4 Å². The molecule has 0 aliphatic rings. The van der Waals surface area contributed by atoms with Crippen LogP contribution in [0.5, 0.6) is 0 Å². The zero-order valence-corrected chi connectivity index (χ0v) is 18.0. The molecule has 0 fully saturated rings. The fraction of sp³-hybridized carbons (Fsp3) is 0.0870. The van der Waals surface area contributed by atoms with Crippen molar-refractivity contribution in [2.45, 2.75) is 13.8 Å². The quantitative estimate of drug-likeness (QED) is 0.327. The first kappa shape index (κ1) is 21.2. The van der Waals surface area contributed by atoms with E-state index in [0.717, 1.165) is 22.4 Å². The Labute approximate surface area is 188 Å². The monoisotopic (exact) mass is 447 g/mol. The molecule has 0 aliphatic carbocycles. The van der Waals surface area contributed by atoms with E-state index in [9.17, 15) is 14.9 Å². The highest BCUT2D eigenvalue weighted by molar-refractivity contribution is 6.30. The van der Waals surface area contributed by atoms with Crippen LogP contribution in [0.15, 0.2) is 66.7 Å². The van der Waals surface area contributed by atoms with Crippen molar-refractivity contribution in [1.82, 2.24) is 14.8 Å². The van der Waals surface area contributed by atoms with Gasteiger partial charge in [-0.1, -0.05) is 29.8 Å². The molecule has 8 nitrogen and oxygen atoms in total. The second kappa shape index (κ2) is 8.60. The summed E-state index contributed by atoms with van der Waals surface area (Å²) in [6.45, 7) is 3.97. The summed E-state index contributed by atoms with van der Waals surface area (Å²) < 4.78 is 1.62. The summed E-state index contributed by atoms with van der Waals surface area (Å²) in [4.78, 5) is 27.8. The predicted octanol–water partition coefficient (Wildman–Crippen LogP) is 5.37. The second-order valence-electron chi connectivity index (χ2n) is 7.16. The molecule has 0 atom stereocenters. The summed E-state index contributed by atoms with van der Waals surface area (Å²) in [7, 11) is 0. The maximum Gasteiger partial charge on any atom is 0.295 e. The number of aryl methyl sites for hydroxylation is 1. The van der Waals surface area contributed by atoms with Crippen LogP contribution in [-0.4, -0.2) is 25.6 Å². The van der Waals surface area contributed by atoms with Crippen molar-refractivity contribution in [3.05, 3.63) is 98.8 Å². The number of carbonyl (C=O) groups excluding carboxylic acids is 1. The van der Waals surface area contributed by atoms with Gasteiger partial charge in [0.2, 0.25) is 5.82 Å². The third-order valence-electron chi connectivity index (χ3n) is 5.03. The van der Waals surface area contributed by atoms with Gasteiger partial charge in [-0.15, -0.1) is 5.10 Å². The molecular formula is C23H18ClN5O3. The van der Waals surface area contributed by atoms with Crippen LogP contribution in [0.2, 0.25) is 5.02 Å².